The van der Waals surface area contributed by atoms with Crippen LogP contribution in [0.25, 0.3) is 0 Å². The topological polar surface area (TPSA) is 55.2 Å². The van der Waals surface area contributed by atoms with E-state index >= 15 is 0 Å². The highest BCUT2D eigenvalue weighted by molar-refractivity contribution is 6.18. The fourth-order valence-electron chi connectivity index (χ4n) is 3.19. The average molecular weight is 385 g/mol. The summed E-state index contributed by atoms with van der Waals surface area (Å²) in [5.74, 6) is 2.34. The molecule has 0 amide bonds. The quantitative estimate of drug-likeness (QED) is 0.655. The molecule has 146 valence electrons. The van der Waals surface area contributed by atoms with Gasteiger partial charge in [-0.25, -0.2) is 4.99 Å². The first-order valence-corrected chi connectivity index (χ1v) is 9.76. The molecule has 1 N–H and O–H groups in total. The van der Waals surface area contributed by atoms with Gasteiger partial charge in [-0.15, -0.1) is 0 Å². The van der Waals surface area contributed by atoms with Crippen molar-refractivity contribution in [3.05, 3.63) is 89.5 Å². The van der Waals surface area contributed by atoms with E-state index in [1.165, 1.54) is 0 Å². The molecule has 0 radical (unpaired) electrons. The number of hydrazone groups is 1. The molecule has 0 atom stereocenters. The molecule has 4 rings (SSSR count). The van der Waals surface area contributed by atoms with Gasteiger partial charge in [0, 0.05) is 16.7 Å². The van der Waals surface area contributed by atoms with Gasteiger partial charge in [-0.3, -0.25) is 5.43 Å². The van der Waals surface area contributed by atoms with Crippen LogP contribution < -0.4 is 14.9 Å². The lowest BCUT2D eigenvalue weighted by molar-refractivity contribution is 0.340. The van der Waals surface area contributed by atoms with E-state index in [1.807, 2.05) is 86.6 Å². The maximum Gasteiger partial charge on any atom is 0.154 e. The van der Waals surface area contributed by atoms with E-state index in [0.29, 0.717) is 19.0 Å². The molecule has 3 aromatic carbocycles. The molecule has 0 fully saturated rings. The van der Waals surface area contributed by atoms with Crippen LogP contribution in [0, 0.1) is 0 Å². The van der Waals surface area contributed by atoms with Crippen molar-refractivity contribution in [3.8, 4) is 11.5 Å². The monoisotopic (exact) mass is 385 g/mol. The molecule has 5 heteroatoms. The van der Waals surface area contributed by atoms with Crippen LogP contribution >= 0.6 is 0 Å². The number of nitrogens with one attached hydrogen (secondary N) is 1. The number of aliphatic imine (C=N–C) groups is 1. The maximum atomic E-state index is 5.72. The van der Waals surface area contributed by atoms with E-state index in [0.717, 1.165) is 39.6 Å². The van der Waals surface area contributed by atoms with Gasteiger partial charge in [-0.05, 0) is 56.3 Å². The molecule has 0 bridgehead atoms. The van der Waals surface area contributed by atoms with Crippen molar-refractivity contribution in [2.24, 2.45) is 10.1 Å². The lowest BCUT2D eigenvalue weighted by Crippen LogP contribution is -2.19. The highest BCUT2D eigenvalue weighted by atomic mass is 16.5. The Hall–Kier alpha value is -3.60. The zero-order valence-electron chi connectivity index (χ0n) is 16.6. The van der Waals surface area contributed by atoms with Gasteiger partial charge in [-0.2, -0.15) is 5.10 Å². The second-order valence-corrected chi connectivity index (χ2v) is 6.47. The van der Waals surface area contributed by atoms with Gasteiger partial charge in [0.1, 0.15) is 17.2 Å². The van der Waals surface area contributed by atoms with E-state index in [1.54, 1.807) is 0 Å². The van der Waals surface area contributed by atoms with Gasteiger partial charge >= 0.3 is 0 Å². The van der Waals surface area contributed by atoms with E-state index in [-0.39, 0.29) is 0 Å². The Bertz CT molecular complexity index is 1040. The number of hydrogen-bond donors (Lipinski definition) is 1. The molecule has 1 aliphatic rings. The van der Waals surface area contributed by atoms with Crippen molar-refractivity contribution in [1.82, 2.24) is 5.43 Å². The van der Waals surface area contributed by atoms with Crippen molar-refractivity contribution in [2.45, 2.75) is 13.8 Å². The van der Waals surface area contributed by atoms with Crippen LogP contribution in [-0.4, -0.2) is 24.8 Å². The summed E-state index contributed by atoms with van der Waals surface area (Å²) in [5.41, 5.74) is 7.66. The Labute approximate surface area is 170 Å². The van der Waals surface area contributed by atoms with Crippen LogP contribution in [0.3, 0.4) is 0 Å². The largest absolute Gasteiger partial charge is 0.494 e. The van der Waals surface area contributed by atoms with Crippen LogP contribution in [0.1, 0.15) is 30.5 Å². The lowest BCUT2D eigenvalue weighted by Gasteiger charge is -2.11. The molecule has 5 nitrogen and oxygen atoms in total. The van der Waals surface area contributed by atoms with E-state index < -0.39 is 0 Å². The fourth-order valence-corrected chi connectivity index (χ4v) is 3.19. The molecular weight excluding hydrogens is 362 g/mol. The van der Waals surface area contributed by atoms with Gasteiger partial charge in [0.2, 0.25) is 0 Å². The van der Waals surface area contributed by atoms with Crippen LogP contribution in [0.4, 0.5) is 5.69 Å². The lowest BCUT2D eigenvalue weighted by atomic mass is 10.0. The number of ether oxygens (including phenoxy) is 2. The van der Waals surface area contributed by atoms with Gasteiger partial charge in [0.15, 0.2) is 5.84 Å². The molecule has 29 heavy (non-hydrogen) atoms. The number of rotatable bonds is 6. The molecular formula is C24H23N3O2. The Morgan fingerprint density at radius 3 is 2.17 bits per heavy atom. The molecule has 0 saturated carbocycles. The Morgan fingerprint density at radius 1 is 0.759 bits per heavy atom. The Kier molecular flexibility index (Phi) is 5.56. The molecule has 1 aliphatic heterocycles. The summed E-state index contributed by atoms with van der Waals surface area (Å²) in [6, 6.07) is 23.8. The van der Waals surface area contributed by atoms with Gasteiger partial charge in [0.05, 0.1) is 18.9 Å². The Morgan fingerprint density at radius 2 is 1.45 bits per heavy atom. The highest BCUT2D eigenvalue weighted by Gasteiger charge is 2.18. The first-order valence-electron chi connectivity index (χ1n) is 9.76. The van der Waals surface area contributed by atoms with Crippen molar-refractivity contribution in [1.29, 1.82) is 0 Å². The average Bonchev–Trinajstić information content (AvgIpc) is 2.95. The standard InChI is InChI=1S/C24H23N3O2/c1-3-28-19-12-10-17(11-13-19)23-21-16-20(29-4-2)14-15-22(21)25-24(27-26-23)18-8-6-5-7-9-18/h5-16H,3-4H2,1-2H3,(H,25,27). The second kappa shape index (κ2) is 8.61. The molecule has 1 heterocycles. The van der Waals surface area contributed by atoms with Gasteiger partial charge < -0.3 is 9.47 Å². The number of nitrogens with zero attached hydrogens (tertiary/aromatic N) is 2. The molecule has 0 aromatic heterocycles. The van der Waals surface area contributed by atoms with Crippen LogP contribution in [-0.2, 0) is 0 Å². The maximum absolute atomic E-state index is 5.72. The minimum atomic E-state index is 0.602. The van der Waals surface area contributed by atoms with Crippen molar-refractivity contribution in [3.63, 3.8) is 0 Å². The summed E-state index contributed by atoms with van der Waals surface area (Å²) < 4.78 is 11.3. The minimum absolute atomic E-state index is 0.602. The third-order valence-electron chi connectivity index (χ3n) is 4.53. The molecule has 0 saturated heterocycles. The van der Waals surface area contributed by atoms with E-state index in [4.69, 9.17) is 19.6 Å². The predicted molar refractivity (Wildman–Crippen MR) is 117 cm³/mol. The summed E-state index contributed by atoms with van der Waals surface area (Å²) in [5, 5.41) is 4.71. The minimum Gasteiger partial charge on any atom is -0.494 e. The van der Waals surface area contributed by atoms with Gasteiger partial charge in [0.25, 0.3) is 0 Å². The van der Waals surface area contributed by atoms with Crippen LogP contribution in [0.5, 0.6) is 11.5 Å². The highest BCUT2D eigenvalue weighted by Crippen LogP contribution is 2.30. The first-order chi connectivity index (χ1) is 14.3. The predicted octanol–water partition coefficient (Wildman–Crippen LogP) is 4.92. The fraction of sp³-hybridized carbons (Fsp3) is 0.167. The third-order valence-corrected chi connectivity index (χ3v) is 4.53. The van der Waals surface area contributed by atoms with E-state index in [2.05, 4.69) is 5.43 Å². The summed E-state index contributed by atoms with van der Waals surface area (Å²) in [4.78, 5) is 4.84. The van der Waals surface area contributed by atoms with Gasteiger partial charge in [-0.1, -0.05) is 30.3 Å². The molecule has 0 aliphatic carbocycles. The number of amidine groups is 1. The summed E-state index contributed by atoms with van der Waals surface area (Å²) in [6.07, 6.45) is 0. The van der Waals surface area contributed by atoms with Crippen molar-refractivity contribution in [2.75, 3.05) is 13.2 Å². The SMILES string of the molecule is CCOc1ccc(C2=NNC(c3ccccc3)=Nc3ccc(OCC)cc32)cc1. The van der Waals surface area contributed by atoms with Crippen LogP contribution in [0.2, 0.25) is 0 Å². The van der Waals surface area contributed by atoms with Crippen LogP contribution in [0.15, 0.2) is 82.9 Å². The zero-order chi connectivity index (χ0) is 20.1. The van der Waals surface area contributed by atoms with Crippen molar-refractivity contribution < 1.29 is 9.47 Å². The Balaban J connectivity index is 1.80. The smallest absolute Gasteiger partial charge is 0.154 e. The summed E-state index contributed by atoms with van der Waals surface area (Å²) in [6.45, 7) is 5.18. The first kappa shape index (κ1) is 18.7. The third kappa shape index (κ3) is 4.14. The molecule has 0 unspecified atom stereocenters. The molecule has 0 spiro atoms. The second-order valence-electron chi connectivity index (χ2n) is 6.47. The number of benzene rings is 3. The number of fused-ring (bicyclic) bond motifs is 1. The zero-order valence-corrected chi connectivity index (χ0v) is 16.6. The van der Waals surface area contributed by atoms with Crippen molar-refractivity contribution >= 4 is 17.2 Å². The molecule has 3 aromatic rings. The summed E-state index contributed by atoms with van der Waals surface area (Å²) >= 11 is 0. The summed E-state index contributed by atoms with van der Waals surface area (Å²) in [7, 11) is 0. The normalized spacial score (nSPS) is 12.8. The van der Waals surface area contributed by atoms with E-state index in [9.17, 15) is 0 Å². The number of hydrogen-bond acceptors (Lipinski definition) is 5.